The van der Waals surface area contributed by atoms with E-state index in [1.807, 2.05) is 36.1 Å². The first-order valence-corrected chi connectivity index (χ1v) is 7.02. The van der Waals surface area contributed by atoms with Gasteiger partial charge in [0, 0.05) is 24.6 Å². The monoisotopic (exact) mass is 275 g/mol. The summed E-state index contributed by atoms with van der Waals surface area (Å²) in [5.41, 5.74) is 7.33. The number of amidine groups is 1. The van der Waals surface area contributed by atoms with Crippen LogP contribution in [0.2, 0.25) is 0 Å². The van der Waals surface area contributed by atoms with Gasteiger partial charge in [0.25, 0.3) is 5.91 Å². The zero-order chi connectivity index (χ0) is 14.5. The third kappa shape index (κ3) is 3.29. The van der Waals surface area contributed by atoms with Gasteiger partial charge < -0.3 is 15.8 Å². The fourth-order valence-corrected chi connectivity index (χ4v) is 2.31. The van der Waals surface area contributed by atoms with Crippen LogP contribution >= 0.6 is 0 Å². The van der Waals surface area contributed by atoms with E-state index in [-0.39, 0.29) is 11.7 Å². The number of nitrogens with zero attached hydrogens (tertiary/aromatic N) is 2. The molecule has 5 nitrogen and oxygen atoms in total. The number of hydrogen-bond donors (Lipinski definition) is 2. The van der Waals surface area contributed by atoms with E-state index in [2.05, 4.69) is 5.16 Å². The van der Waals surface area contributed by atoms with Crippen LogP contribution in [0.5, 0.6) is 0 Å². The number of hydrogen-bond acceptors (Lipinski definition) is 3. The van der Waals surface area contributed by atoms with Crippen molar-refractivity contribution >= 4 is 11.7 Å². The molecule has 1 amide bonds. The molecule has 0 bridgehead atoms. The number of rotatable bonds is 6. The second-order valence-corrected chi connectivity index (χ2v) is 5.08. The minimum atomic E-state index is 0.0516. The number of carbonyl (C=O) groups excluding carboxylic acids is 1. The third-order valence-electron chi connectivity index (χ3n) is 3.61. The maximum absolute atomic E-state index is 12.7. The number of aryl methyl sites for hydroxylation is 1. The van der Waals surface area contributed by atoms with E-state index >= 15 is 0 Å². The van der Waals surface area contributed by atoms with Gasteiger partial charge in [-0.1, -0.05) is 30.3 Å². The molecule has 0 spiro atoms. The van der Waals surface area contributed by atoms with Crippen LogP contribution in [-0.2, 0) is 6.42 Å². The molecule has 0 saturated heterocycles. The molecule has 0 aromatic heterocycles. The minimum Gasteiger partial charge on any atom is -0.409 e. The van der Waals surface area contributed by atoms with Crippen molar-refractivity contribution in [3.63, 3.8) is 0 Å². The van der Waals surface area contributed by atoms with Crippen LogP contribution in [0.15, 0.2) is 29.4 Å². The molecule has 0 atom stereocenters. The summed E-state index contributed by atoms with van der Waals surface area (Å²) < 4.78 is 0. The Kier molecular flexibility index (Phi) is 4.61. The smallest absolute Gasteiger partial charge is 0.254 e. The number of amides is 1. The van der Waals surface area contributed by atoms with Gasteiger partial charge in [0.2, 0.25) is 0 Å². The Morgan fingerprint density at radius 2 is 2.15 bits per heavy atom. The minimum absolute atomic E-state index is 0.0516. The molecule has 3 N–H and O–H groups in total. The van der Waals surface area contributed by atoms with Crippen molar-refractivity contribution in [3.8, 4) is 0 Å². The molecule has 0 radical (unpaired) electrons. The zero-order valence-electron chi connectivity index (χ0n) is 11.7. The van der Waals surface area contributed by atoms with E-state index < -0.39 is 0 Å². The summed E-state index contributed by atoms with van der Waals surface area (Å²) in [6.45, 7) is 2.54. The molecule has 5 heteroatoms. The van der Waals surface area contributed by atoms with E-state index in [4.69, 9.17) is 10.9 Å². The zero-order valence-corrected chi connectivity index (χ0v) is 11.7. The van der Waals surface area contributed by atoms with Gasteiger partial charge in [-0.05, 0) is 30.9 Å². The molecular formula is C15H21N3O2. The predicted octanol–water partition coefficient (Wildman–Crippen LogP) is 1.99. The maximum Gasteiger partial charge on any atom is 0.254 e. The predicted molar refractivity (Wildman–Crippen MR) is 77.9 cm³/mol. The van der Waals surface area contributed by atoms with Gasteiger partial charge in [0.1, 0.15) is 5.84 Å². The summed E-state index contributed by atoms with van der Waals surface area (Å²) in [6.07, 6.45) is 3.31. The van der Waals surface area contributed by atoms with Crippen molar-refractivity contribution < 1.29 is 10.0 Å². The van der Waals surface area contributed by atoms with E-state index in [0.29, 0.717) is 19.0 Å². The first kappa shape index (κ1) is 14.4. The van der Waals surface area contributed by atoms with Gasteiger partial charge in [0.05, 0.1) is 0 Å². The lowest BCUT2D eigenvalue weighted by molar-refractivity contribution is 0.0746. The number of carbonyl (C=O) groups is 1. The number of benzene rings is 1. The molecule has 1 aromatic carbocycles. The summed E-state index contributed by atoms with van der Waals surface area (Å²) in [5, 5.41) is 11.6. The summed E-state index contributed by atoms with van der Waals surface area (Å²) in [4.78, 5) is 14.5. The van der Waals surface area contributed by atoms with Crippen LogP contribution in [0, 0.1) is 0 Å². The first-order valence-electron chi connectivity index (χ1n) is 7.02. The highest BCUT2D eigenvalue weighted by atomic mass is 16.4. The SMILES string of the molecule is CCc1ccccc1C(=O)N(CC/C(N)=N/O)C1CC1. The van der Waals surface area contributed by atoms with E-state index in [0.717, 1.165) is 30.4 Å². The Morgan fingerprint density at radius 1 is 1.45 bits per heavy atom. The van der Waals surface area contributed by atoms with Gasteiger partial charge in [-0.2, -0.15) is 0 Å². The summed E-state index contributed by atoms with van der Waals surface area (Å²) in [6, 6.07) is 8.01. The topological polar surface area (TPSA) is 78.9 Å². The van der Waals surface area contributed by atoms with E-state index in [9.17, 15) is 4.79 Å². The van der Waals surface area contributed by atoms with Gasteiger partial charge >= 0.3 is 0 Å². The Balaban J connectivity index is 2.14. The van der Waals surface area contributed by atoms with Crippen molar-refractivity contribution in [1.82, 2.24) is 4.90 Å². The molecule has 0 aliphatic heterocycles. The highest BCUT2D eigenvalue weighted by Gasteiger charge is 2.33. The van der Waals surface area contributed by atoms with Crippen LogP contribution in [-0.4, -0.2) is 34.4 Å². The number of nitrogens with two attached hydrogens (primary N) is 1. The lowest BCUT2D eigenvalue weighted by Gasteiger charge is -2.23. The molecule has 1 fully saturated rings. The third-order valence-corrected chi connectivity index (χ3v) is 3.61. The Morgan fingerprint density at radius 3 is 2.75 bits per heavy atom. The lowest BCUT2D eigenvalue weighted by atomic mass is 10.0. The fraction of sp³-hybridized carbons (Fsp3) is 0.467. The lowest BCUT2D eigenvalue weighted by Crippen LogP contribution is -2.36. The van der Waals surface area contributed by atoms with Crippen LogP contribution in [0.4, 0.5) is 0 Å². The summed E-state index contributed by atoms with van der Waals surface area (Å²) >= 11 is 0. The molecular weight excluding hydrogens is 254 g/mol. The standard InChI is InChI=1S/C15H21N3O2/c1-2-11-5-3-4-6-13(11)15(19)18(12-7-8-12)10-9-14(16)17-20/h3-6,12,20H,2,7-10H2,1H3,(H2,16,17). The first-order chi connectivity index (χ1) is 9.67. The fourth-order valence-electron chi connectivity index (χ4n) is 2.31. The molecule has 2 rings (SSSR count). The number of oxime groups is 1. The quantitative estimate of drug-likeness (QED) is 0.360. The molecule has 1 aromatic rings. The van der Waals surface area contributed by atoms with Crippen molar-refractivity contribution in [3.05, 3.63) is 35.4 Å². The molecule has 1 aliphatic carbocycles. The second kappa shape index (κ2) is 6.41. The summed E-state index contributed by atoms with van der Waals surface area (Å²) in [5.74, 6) is 0.211. The van der Waals surface area contributed by atoms with Crippen molar-refractivity contribution in [1.29, 1.82) is 0 Å². The Bertz CT molecular complexity index is 510. The van der Waals surface area contributed by atoms with Gasteiger partial charge in [-0.15, -0.1) is 0 Å². The van der Waals surface area contributed by atoms with E-state index in [1.54, 1.807) is 0 Å². The van der Waals surface area contributed by atoms with Gasteiger partial charge in [-0.25, -0.2) is 0 Å². The highest BCUT2D eigenvalue weighted by Crippen LogP contribution is 2.29. The van der Waals surface area contributed by atoms with Crippen LogP contribution in [0.1, 0.15) is 42.1 Å². The van der Waals surface area contributed by atoms with E-state index in [1.165, 1.54) is 0 Å². The molecule has 0 unspecified atom stereocenters. The Hall–Kier alpha value is -2.04. The largest absolute Gasteiger partial charge is 0.409 e. The van der Waals surface area contributed by atoms with Gasteiger partial charge in [0.15, 0.2) is 0 Å². The van der Waals surface area contributed by atoms with Crippen LogP contribution in [0.25, 0.3) is 0 Å². The molecule has 0 heterocycles. The molecule has 108 valence electrons. The van der Waals surface area contributed by atoms with Crippen molar-refractivity contribution in [2.24, 2.45) is 10.9 Å². The maximum atomic E-state index is 12.7. The van der Waals surface area contributed by atoms with Crippen molar-refractivity contribution in [2.75, 3.05) is 6.54 Å². The summed E-state index contributed by atoms with van der Waals surface area (Å²) in [7, 11) is 0. The average molecular weight is 275 g/mol. The molecule has 20 heavy (non-hydrogen) atoms. The van der Waals surface area contributed by atoms with Gasteiger partial charge in [-0.3, -0.25) is 4.79 Å². The average Bonchev–Trinajstić information content (AvgIpc) is 3.31. The van der Waals surface area contributed by atoms with Crippen LogP contribution < -0.4 is 5.73 Å². The van der Waals surface area contributed by atoms with Crippen LogP contribution in [0.3, 0.4) is 0 Å². The Labute approximate surface area is 119 Å². The van der Waals surface area contributed by atoms with Crippen molar-refractivity contribution in [2.45, 2.75) is 38.6 Å². The normalized spacial score (nSPS) is 15.2. The highest BCUT2D eigenvalue weighted by molar-refractivity contribution is 5.96. The molecule has 1 aliphatic rings. The second-order valence-electron chi connectivity index (χ2n) is 5.08. The molecule has 1 saturated carbocycles.